The average Bonchev–Trinajstić information content (AvgIpc) is 3.15. The molecule has 24 heavy (non-hydrogen) atoms. The Balaban J connectivity index is 1.75. The molecule has 1 aromatic heterocycles. The van der Waals surface area contributed by atoms with Crippen LogP contribution in [0.4, 0.5) is 0 Å². The zero-order valence-electron chi connectivity index (χ0n) is 13.2. The van der Waals surface area contributed by atoms with Crippen LogP contribution < -0.4 is 5.32 Å². The molecule has 6 heteroatoms. The van der Waals surface area contributed by atoms with Gasteiger partial charge in [-0.1, -0.05) is 6.07 Å². The molecule has 1 aromatic carbocycles. The van der Waals surface area contributed by atoms with Crippen LogP contribution in [-0.2, 0) is 9.53 Å². The fourth-order valence-electron chi connectivity index (χ4n) is 2.95. The van der Waals surface area contributed by atoms with Crippen molar-refractivity contribution >= 4 is 11.9 Å². The Hall–Kier alpha value is -2.60. The SMILES string of the molecule is O=C(N[C@H](C(=O)O)[C@H]1CCCOC1)c1cccc(-n2cccc2)c1. The standard InChI is InChI=1S/C18H20N2O4/c21-17(19-16(18(22)23)14-6-4-10-24-12-14)13-5-3-7-15(11-13)20-8-1-2-9-20/h1-3,5,7-9,11,14,16H,4,6,10,12H2,(H,19,21)(H,22,23)/t14-,16-/m0/s1. The fourth-order valence-corrected chi connectivity index (χ4v) is 2.95. The quantitative estimate of drug-likeness (QED) is 0.881. The fraction of sp³-hybridized carbons (Fsp3) is 0.333. The highest BCUT2D eigenvalue weighted by molar-refractivity contribution is 5.97. The third-order valence-corrected chi connectivity index (χ3v) is 4.23. The Kier molecular flexibility index (Phi) is 4.96. The molecule has 0 bridgehead atoms. The lowest BCUT2D eigenvalue weighted by atomic mass is 9.93. The third kappa shape index (κ3) is 3.65. The van der Waals surface area contributed by atoms with Crippen LogP contribution in [0.5, 0.6) is 0 Å². The van der Waals surface area contributed by atoms with Crippen molar-refractivity contribution in [2.45, 2.75) is 18.9 Å². The molecule has 6 nitrogen and oxygen atoms in total. The number of nitrogens with zero attached hydrogens (tertiary/aromatic N) is 1. The highest BCUT2D eigenvalue weighted by Crippen LogP contribution is 2.19. The first-order valence-electron chi connectivity index (χ1n) is 8.00. The Labute approximate surface area is 140 Å². The van der Waals surface area contributed by atoms with Crippen molar-refractivity contribution in [3.63, 3.8) is 0 Å². The number of carboxylic acid groups (broad SMARTS) is 1. The summed E-state index contributed by atoms with van der Waals surface area (Å²) in [7, 11) is 0. The molecule has 2 heterocycles. The Morgan fingerprint density at radius 1 is 1.25 bits per heavy atom. The molecule has 1 saturated heterocycles. The van der Waals surface area contributed by atoms with E-state index in [1.54, 1.807) is 18.2 Å². The molecule has 0 radical (unpaired) electrons. The highest BCUT2D eigenvalue weighted by Gasteiger charge is 2.31. The van der Waals surface area contributed by atoms with Crippen LogP contribution in [0.25, 0.3) is 5.69 Å². The van der Waals surface area contributed by atoms with E-state index in [1.807, 2.05) is 35.2 Å². The van der Waals surface area contributed by atoms with Gasteiger partial charge in [0, 0.05) is 36.2 Å². The topological polar surface area (TPSA) is 80.6 Å². The van der Waals surface area contributed by atoms with Crippen molar-refractivity contribution in [3.05, 3.63) is 54.4 Å². The molecule has 2 atom stereocenters. The van der Waals surface area contributed by atoms with E-state index in [9.17, 15) is 14.7 Å². The lowest BCUT2D eigenvalue weighted by molar-refractivity contribution is -0.142. The van der Waals surface area contributed by atoms with Crippen molar-refractivity contribution in [1.29, 1.82) is 0 Å². The summed E-state index contributed by atoms with van der Waals surface area (Å²) in [5, 5.41) is 12.1. The summed E-state index contributed by atoms with van der Waals surface area (Å²) in [6, 6.07) is 9.95. The minimum Gasteiger partial charge on any atom is -0.480 e. The van der Waals surface area contributed by atoms with Gasteiger partial charge in [0.05, 0.1) is 6.61 Å². The first kappa shape index (κ1) is 16.3. The molecule has 0 spiro atoms. The molecule has 1 amide bonds. The van der Waals surface area contributed by atoms with E-state index in [1.165, 1.54) is 0 Å². The molecular weight excluding hydrogens is 308 g/mol. The van der Waals surface area contributed by atoms with Gasteiger partial charge < -0.3 is 19.7 Å². The monoisotopic (exact) mass is 328 g/mol. The summed E-state index contributed by atoms with van der Waals surface area (Å²) < 4.78 is 7.24. The predicted molar refractivity (Wildman–Crippen MR) is 88.2 cm³/mol. The molecular formula is C18H20N2O4. The molecule has 0 saturated carbocycles. The summed E-state index contributed by atoms with van der Waals surface area (Å²) in [5.74, 6) is -1.62. The number of rotatable bonds is 5. The maximum absolute atomic E-state index is 12.5. The van der Waals surface area contributed by atoms with Crippen LogP contribution in [0.3, 0.4) is 0 Å². The maximum Gasteiger partial charge on any atom is 0.326 e. The second-order valence-electron chi connectivity index (χ2n) is 5.91. The van der Waals surface area contributed by atoms with Gasteiger partial charge in [-0.2, -0.15) is 0 Å². The summed E-state index contributed by atoms with van der Waals surface area (Å²) >= 11 is 0. The molecule has 2 aromatic rings. The van der Waals surface area contributed by atoms with Gasteiger partial charge in [0.2, 0.25) is 0 Å². The number of carbonyl (C=O) groups is 2. The van der Waals surface area contributed by atoms with E-state index < -0.39 is 12.0 Å². The summed E-state index contributed by atoms with van der Waals surface area (Å²) in [5.41, 5.74) is 1.28. The number of hydrogen-bond acceptors (Lipinski definition) is 3. The number of aromatic nitrogens is 1. The molecule has 0 unspecified atom stereocenters. The molecule has 1 aliphatic rings. The number of benzene rings is 1. The Bertz CT molecular complexity index is 706. The van der Waals surface area contributed by atoms with Crippen LogP contribution in [0.15, 0.2) is 48.8 Å². The van der Waals surface area contributed by atoms with Gasteiger partial charge in [0.1, 0.15) is 6.04 Å². The summed E-state index contributed by atoms with van der Waals surface area (Å²) in [4.78, 5) is 24.0. The number of ether oxygens (including phenoxy) is 1. The second-order valence-corrected chi connectivity index (χ2v) is 5.91. The van der Waals surface area contributed by atoms with Crippen LogP contribution >= 0.6 is 0 Å². The first-order valence-corrected chi connectivity index (χ1v) is 8.00. The van der Waals surface area contributed by atoms with Gasteiger partial charge in [-0.3, -0.25) is 4.79 Å². The smallest absolute Gasteiger partial charge is 0.326 e. The van der Waals surface area contributed by atoms with Crippen molar-refractivity contribution in [1.82, 2.24) is 9.88 Å². The van der Waals surface area contributed by atoms with Crippen LogP contribution in [0.1, 0.15) is 23.2 Å². The molecule has 1 aliphatic heterocycles. The van der Waals surface area contributed by atoms with E-state index in [-0.39, 0.29) is 11.8 Å². The minimum atomic E-state index is -1.03. The van der Waals surface area contributed by atoms with Gasteiger partial charge in [-0.05, 0) is 43.2 Å². The maximum atomic E-state index is 12.5. The van der Waals surface area contributed by atoms with E-state index in [4.69, 9.17) is 4.74 Å². The molecule has 2 N–H and O–H groups in total. The van der Waals surface area contributed by atoms with Gasteiger partial charge in [0.15, 0.2) is 0 Å². The van der Waals surface area contributed by atoms with E-state index in [2.05, 4.69) is 5.32 Å². The van der Waals surface area contributed by atoms with Gasteiger partial charge in [-0.25, -0.2) is 4.79 Å². The van der Waals surface area contributed by atoms with Crippen molar-refractivity contribution in [2.24, 2.45) is 5.92 Å². The molecule has 0 aliphatic carbocycles. The molecule has 126 valence electrons. The minimum absolute atomic E-state index is 0.201. The van der Waals surface area contributed by atoms with E-state index in [0.717, 1.165) is 18.5 Å². The normalized spacial score (nSPS) is 18.8. The first-order chi connectivity index (χ1) is 11.6. The number of amides is 1. The molecule has 3 rings (SSSR count). The largest absolute Gasteiger partial charge is 0.480 e. The lowest BCUT2D eigenvalue weighted by Crippen LogP contribution is -2.48. The summed E-state index contributed by atoms with van der Waals surface area (Å²) in [6.45, 7) is 1.01. The Morgan fingerprint density at radius 2 is 2.04 bits per heavy atom. The number of carboxylic acids is 1. The zero-order valence-corrected chi connectivity index (χ0v) is 13.2. The lowest BCUT2D eigenvalue weighted by Gasteiger charge is -2.28. The van der Waals surface area contributed by atoms with Crippen molar-refractivity contribution < 1.29 is 19.4 Å². The van der Waals surface area contributed by atoms with Gasteiger partial charge in [0.25, 0.3) is 5.91 Å². The molecule has 1 fully saturated rings. The number of nitrogens with one attached hydrogen (secondary N) is 1. The van der Waals surface area contributed by atoms with Gasteiger partial charge in [-0.15, -0.1) is 0 Å². The summed E-state index contributed by atoms with van der Waals surface area (Å²) in [6.07, 6.45) is 5.32. The zero-order chi connectivity index (χ0) is 16.9. The second kappa shape index (κ2) is 7.31. The predicted octanol–water partition coefficient (Wildman–Crippen LogP) is 2.09. The van der Waals surface area contributed by atoms with Gasteiger partial charge >= 0.3 is 5.97 Å². The van der Waals surface area contributed by atoms with Crippen molar-refractivity contribution in [3.8, 4) is 5.69 Å². The van der Waals surface area contributed by atoms with Crippen LogP contribution in [0.2, 0.25) is 0 Å². The number of carbonyl (C=O) groups excluding carboxylic acids is 1. The Morgan fingerprint density at radius 3 is 2.71 bits per heavy atom. The number of hydrogen-bond donors (Lipinski definition) is 2. The van der Waals surface area contributed by atoms with E-state index >= 15 is 0 Å². The van der Waals surface area contributed by atoms with Crippen LogP contribution in [-0.4, -0.2) is 40.8 Å². The number of aliphatic carboxylic acids is 1. The average molecular weight is 328 g/mol. The van der Waals surface area contributed by atoms with Crippen molar-refractivity contribution in [2.75, 3.05) is 13.2 Å². The van der Waals surface area contributed by atoms with Crippen LogP contribution in [0, 0.1) is 5.92 Å². The van der Waals surface area contributed by atoms with E-state index in [0.29, 0.717) is 18.8 Å². The highest BCUT2D eigenvalue weighted by atomic mass is 16.5. The third-order valence-electron chi connectivity index (χ3n) is 4.23.